The van der Waals surface area contributed by atoms with Gasteiger partial charge in [0, 0.05) is 59.6 Å². The van der Waals surface area contributed by atoms with E-state index in [1.54, 1.807) is 91.0 Å². The van der Waals surface area contributed by atoms with Gasteiger partial charge in [0.15, 0.2) is 23.9 Å². The fourth-order valence-electron chi connectivity index (χ4n) is 10.6. The number of piperidine rings is 1. The van der Waals surface area contributed by atoms with E-state index in [0.717, 1.165) is 16.5 Å². The van der Waals surface area contributed by atoms with E-state index in [9.17, 15) is 48.3 Å². The third-order valence-corrected chi connectivity index (χ3v) is 15.9. The zero-order chi connectivity index (χ0) is 65.1. The molecule has 0 spiro atoms. The van der Waals surface area contributed by atoms with E-state index >= 15 is 4.39 Å². The Hall–Kier alpha value is -9.60. The predicted octanol–water partition coefficient (Wildman–Crippen LogP) is 6.07. The highest BCUT2D eigenvalue weighted by molar-refractivity contribution is 6.38. The molecular formula is C68H79FN6O15. The van der Waals surface area contributed by atoms with Crippen LogP contribution in [0.3, 0.4) is 0 Å². The molecule has 6 amide bonds. The van der Waals surface area contributed by atoms with Crippen molar-refractivity contribution < 1.29 is 76.3 Å². The van der Waals surface area contributed by atoms with Gasteiger partial charge in [-0.2, -0.15) is 0 Å². The molecule has 0 aromatic heterocycles. The number of aryl methyl sites for hydroxylation is 1. The lowest BCUT2D eigenvalue weighted by Gasteiger charge is -2.36. The number of halogens is 1. The Balaban J connectivity index is 1.22. The van der Waals surface area contributed by atoms with Gasteiger partial charge >= 0.3 is 11.9 Å². The summed E-state index contributed by atoms with van der Waals surface area (Å²) < 4.78 is 44.4. The van der Waals surface area contributed by atoms with E-state index < -0.39 is 114 Å². The first-order valence-electron chi connectivity index (χ1n) is 29.8. The number of methoxy groups -OCH3 is 2. The number of carbonyl (C=O) groups excluding carboxylic acids is 9. The number of nitrogens with one attached hydrogen (secondary N) is 2. The molecule has 1 fully saturated rings. The molecule has 2 bridgehead atoms. The number of aromatic hydroxyl groups is 1. The summed E-state index contributed by atoms with van der Waals surface area (Å²) in [6.07, 6.45) is 2.69. The zero-order valence-electron chi connectivity index (χ0n) is 51.8. The number of hydrogen-bond donors (Lipinski definition) is 3. The van der Waals surface area contributed by atoms with Crippen molar-refractivity contribution in [3.8, 4) is 23.0 Å². The van der Waals surface area contributed by atoms with Crippen LogP contribution in [0.1, 0.15) is 79.9 Å². The fraction of sp³-hybridized carbons (Fsp3) is 0.397. The van der Waals surface area contributed by atoms with Gasteiger partial charge in [0.25, 0.3) is 11.8 Å². The molecule has 5 atom stereocenters. The van der Waals surface area contributed by atoms with Crippen LogP contribution in [0.15, 0.2) is 133 Å². The summed E-state index contributed by atoms with van der Waals surface area (Å²) in [4.78, 5) is 133. The Kier molecular flexibility index (Phi) is 24.2. The van der Waals surface area contributed by atoms with Gasteiger partial charge in [-0.25, -0.2) is 14.0 Å². The lowest BCUT2D eigenvalue weighted by atomic mass is 9.87. The van der Waals surface area contributed by atoms with Crippen LogP contribution >= 0.6 is 0 Å². The minimum Gasteiger partial charge on any atom is -0.508 e. The van der Waals surface area contributed by atoms with Crippen LogP contribution in [0, 0.1) is 11.2 Å². The Labute approximate surface area is 523 Å². The monoisotopic (exact) mass is 1240 g/mol. The van der Waals surface area contributed by atoms with Gasteiger partial charge in [-0.05, 0) is 111 Å². The Morgan fingerprint density at radius 2 is 1.34 bits per heavy atom. The number of nitrogens with zero attached hydrogens (tertiary/aromatic N) is 4. The van der Waals surface area contributed by atoms with E-state index in [0.29, 0.717) is 29.5 Å². The van der Waals surface area contributed by atoms with Gasteiger partial charge in [-0.3, -0.25) is 33.6 Å². The smallest absolute Gasteiger partial charge is 0.330 e. The van der Waals surface area contributed by atoms with Crippen LogP contribution in [-0.2, 0) is 78.3 Å². The number of benzene rings is 5. The number of carbonyl (C=O) groups is 9. The second-order valence-electron chi connectivity index (χ2n) is 23.0. The molecule has 21 nitrogen and oxygen atoms in total. The quantitative estimate of drug-likeness (QED) is 0.100. The summed E-state index contributed by atoms with van der Waals surface area (Å²) in [5.41, 5.74) is 0.949. The number of hydrogen-bond acceptors (Lipinski definition) is 15. The highest BCUT2D eigenvalue weighted by Crippen LogP contribution is 2.35. The number of cyclic esters (lactones) is 2. The number of phenolic OH excluding ortho intramolecular Hbond substituents is 1. The number of ether oxygens (including phenoxy) is 5. The van der Waals surface area contributed by atoms with Crippen LogP contribution in [-0.4, -0.2) is 170 Å². The standard InChI is InChI=1S/C68H79FN6O15/c1-68(2)43-89-59(79)26-15-16-35-72(3)64(82)51(37-44-19-10-8-11-20-44)70-57(77)41-73(4)65(83)52(38-45-21-12-9-13-22-45)71-63(81)54(39-46-27-31-49(76)32-28-46)74(5)58(78)42-88-50-24-18-23-48(40-50)55(33-29-47-30-34-56(86-6)61(87-7)60(47)69)90-67(85)53-25-14-17-36-75(53)66(84)62(68)80/h8-13,15,18-24,26-28,30-32,34,40,51-55,76H,14,16-17,25,29,33,35-39,41-43H2,1-7H3,(H,70,77)(H,71,81)/t51-,52-,53+,54+,55-/m1/s1. The van der Waals surface area contributed by atoms with Gasteiger partial charge < -0.3 is 59.0 Å². The van der Waals surface area contributed by atoms with Crippen LogP contribution in [0.5, 0.6) is 23.0 Å². The Morgan fingerprint density at radius 3 is 2.00 bits per heavy atom. The molecule has 1 saturated heterocycles. The molecular weight excluding hydrogens is 1160 g/mol. The number of fused-ring (bicyclic) bond motifs is 3. The SMILES string of the molecule is COc1ccc(CC[C@H]2OC(=O)[C@@H]3CCCCN3C(=O)C(=O)C(C)(C)COC(=O)C=CCCN(C)C(=O)[C@@H](Cc3ccccc3)NC(=O)CN(C)C(=O)[C@@H](Cc3ccccc3)NC(=O)[C@H](Cc3ccc(O)cc3)N(C)C(=O)COc3cccc2c3)c(F)c1OC. The molecule has 0 radical (unpaired) electrons. The van der Waals surface area contributed by atoms with Gasteiger partial charge in [0.1, 0.15) is 48.4 Å². The first-order valence-corrected chi connectivity index (χ1v) is 29.8. The van der Waals surface area contributed by atoms with Gasteiger partial charge in [-0.15, -0.1) is 0 Å². The molecule has 5 aromatic rings. The number of esters is 2. The van der Waals surface area contributed by atoms with E-state index in [-0.39, 0.29) is 86.6 Å². The molecule has 0 aliphatic carbocycles. The van der Waals surface area contributed by atoms with Crippen LogP contribution in [0.25, 0.3) is 0 Å². The van der Waals surface area contributed by atoms with Crippen molar-refractivity contribution in [1.29, 1.82) is 0 Å². The third-order valence-electron chi connectivity index (χ3n) is 15.9. The van der Waals surface area contributed by atoms with Crippen molar-refractivity contribution in [3.63, 3.8) is 0 Å². The first kappa shape index (κ1) is 67.9. The first-order chi connectivity index (χ1) is 43.1. The topological polar surface area (TPSA) is 257 Å². The summed E-state index contributed by atoms with van der Waals surface area (Å²) in [5.74, 6) is -7.39. The van der Waals surface area contributed by atoms with Crippen LogP contribution < -0.4 is 24.8 Å². The molecule has 0 saturated carbocycles. The van der Waals surface area contributed by atoms with Crippen molar-refractivity contribution in [2.24, 2.45) is 5.41 Å². The molecule has 90 heavy (non-hydrogen) atoms. The van der Waals surface area contributed by atoms with Gasteiger partial charge in [-0.1, -0.05) is 97.1 Å². The molecule has 2 aliphatic heterocycles. The number of phenols is 1. The molecule has 22 heteroatoms. The number of ketones is 1. The van der Waals surface area contributed by atoms with Gasteiger partial charge in [0.2, 0.25) is 29.4 Å². The van der Waals surface area contributed by atoms with Gasteiger partial charge in [0.05, 0.1) is 26.2 Å². The second kappa shape index (κ2) is 32.0. The van der Waals surface area contributed by atoms with E-state index in [4.69, 9.17) is 23.7 Å². The average molecular weight is 1240 g/mol. The molecule has 2 heterocycles. The van der Waals surface area contributed by atoms with Crippen molar-refractivity contribution >= 4 is 53.2 Å². The molecule has 478 valence electrons. The van der Waals surface area contributed by atoms with Crippen molar-refractivity contribution in [3.05, 3.63) is 167 Å². The zero-order valence-corrected chi connectivity index (χ0v) is 51.8. The molecule has 7 rings (SSSR count). The lowest BCUT2D eigenvalue weighted by molar-refractivity contribution is -0.165. The molecule has 3 N–H and O–H groups in total. The van der Waals surface area contributed by atoms with Crippen molar-refractivity contribution in [2.45, 2.75) is 102 Å². The minimum absolute atomic E-state index is 0.00731. The Bertz CT molecular complexity index is 3380. The van der Waals surface area contributed by atoms with Crippen molar-refractivity contribution in [1.82, 2.24) is 30.2 Å². The third kappa shape index (κ3) is 18.5. The maximum atomic E-state index is 16.0. The minimum atomic E-state index is -1.55. The molecule has 0 unspecified atom stereocenters. The van der Waals surface area contributed by atoms with E-state index in [1.807, 2.05) is 6.07 Å². The summed E-state index contributed by atoms with van der Waals surface area (Å²) in [6, 6.07) is 28.4. The highest BCUT2D eigenvalue weighted by Gasteiger charge is 2.43. The number of amides is 6. The number of rotatable bonds is 11. The highest BCUT2D eigenvalue weighted by atomic mass is 19.1. The molecule has 5 aromatic carbocycles. The maximum Gasteiger partial charge on any atom is 0.330 e. The van der Waals surface area contributed by atoms with E-state index in [2.05, 4.69) is 10.6 Å². The summed E-state index contributed by atoms with van der Waals surface area (Å²) in [7, 11) is 7.00. The van der Waals surface area contributed by atoms with Crippen LogP contribution in [0.2, 0.25) is 0 Å². The predicted molar refractivity (Wildman–Crippen MR) is 329 cm³/mol. The average Bonchev–Trinajstić information content (AvgIpc) is 1.14. The number of likely N-dealkylation sites (N-methyl/N-ethyl adjacent to an activating group) is 3. The maximum absolute atomic E-state index is 16.0. The summed E-state index contributed by atoms with van der Waals surface area (Å²) in [6.45, 7) is 1.35. The number of Topliss-reactive ketones (excluding diaryl/α,β-unsaturated/α-hetero) is 1. The largest absolute Gasteiger partial charge is 0.508 e. The summed E-state index contributed by atoms with van der Waals surface area (Å²) in [5, 5.41) is 15.8. The molecule has 2 aliphatic rings. The summed E-state index contributed by atoms with van der Waals surface area (Å²) >= 11 is 0. The normalized spacial score (nSPS) is 21.0. The lowest BCUT2D eigenvalue weighted by Crippen LogP contribution is -2.57. The Morgan fingerprint density at radius 1 is 0.700 bits per heavy atom. The van der Waals surface area contributed by atoms with Crippen molar-refractivity contribution in [2.75, 3.05) is 68.2 Å². The second-order valence-corrected chi connectivity index (χ2v) is 23.0. The fourth-order valence-corrected chi connectivity index (χ4v) is 10.6. The van der Waals surface area contributed by atoms with Crippen LogP contribution in [0.4, 0.5) is 4.39 Å². The van der Waals surface area contributed by atoms with E-state index in [1.165, 1.54) is 94.3 Å².